The van der Waals surface area contributed by atoms with Crippen molar-refractivity contribution in [3.05, 3.63) is 29.8 Å². The molecule has 0 saturated carbocycles. The van der Waals surface area contributed by atoms with Crippen molar-refractivity contribution in [2.45, 2.75) is 58.0 Å². The Bertz CT molecular complexity index is 1110. The molecule has 2 bridgehead atoms. The number of benzene rings is 1. The number of fused-ring (bicyclic) bond motifs is 11. The number of carbonyl (C=O) groups excluding carboxylic acids is 5. The Kier molecular flexibility index (Phi) is 17.2. The summed E-state index contributed by atoms with van der Waals surface area (Å²) in [6.45, 7) is 4.22. The van der Waals surface area contributed by atoms with Gasteiger partial charge in [0.2, 0.25) is 29.5 Å². The maximum atomic E-state index is 13.6. The standard InChI is InChI=1S/C28H44N6O10S/c1-17(2)13-21-20(26(37)34-40)5-3-12-42-19-8-6-18(7-9-19)14-23(33-25(21)36)28(39)32-15-24(35)30-10-4-11-31-27(38)22(29)16-45-44-43-41/h6-9,17,20-23,40-41H,3-5,10-16,29H2,1-2H3,(H,30,35)(H,31,38)(H,32,39)(H,33,36)(H,34,37)/t20-,21+,22?,23-/m0/s1. The lowest BCUT2D eigenvalue weighted by Crippen LogP contribution is -2.53. The van der Waals surface area contributed by atoms with Crippen LogP contribution in [0.15, 0.2) is 24.3 Å². The van der Waals surface area contributed by atoms with Gasteiger partial charge in [0.15, 0.2) is 0 Å². The molecule has 1 aromatic rings. The Morgan fingerprint density at radius 1 is 1.11 bits per heavy atom. The van der Waals surface area contributed by atoms with E-state index in [1.165, 1.54) is 0 Å². The van der Waals surface area contributed by atoms with E-state index in [9.17, 15) is 29.2 Å². The fraction of sp³-hybridized carbons (Fsp3) is 0.607. The number of nitrogens with two attached hydrogens (primary N) is 1. The molecule has 2 aliphatic heterocycles. The van der Waals surface area contributed by atoms with Gasteiger partial charge in [0.1, 0.15) is 11.8 Å². The summed E-state index contributed by atoms with van der Waals surface area (Å²) in [5, 5.41) is 31.5. The molecule has 2 heterocycles. The van der Waals surface area contributed by atoms with E-state index in [0.717, 1.165) is 5.56 Å². The van der Waals surface area contributed by atoms with Crippen molar-refractivity contribution in [1.29, 1.82) is 0 Å². The monoisotopic (exact) mass is 656 g/mol. The van der Waals surface area contributed by atoms with Crippen LogP contribution in [0.3, 0.4) is 0 Å². The topological polar surface area (TPSA) is 240 Å². The maximum Gasteiger partial charge on any atom is 0.247 e. The number of amides is 5. The molecule has 45 heavy (non-hydrogen) atoms. The zero-order valence-corrected chi connectivity index (χ0v) is 26.2. The first-order chi connectivity index (χ1) is 21.5. The molecular weight excluding hydrogens is 612 g/mol. The second-order valence-corrected chi connectivity index (χ2v) is 11.7. The minimum atomic E-state index is -1.06. The number of nitrogens with one attached hydrogen (secondary N) is 5. The maximum absolute atomic E-state index is 13.6. The summed E-state index contributed by atoms with van der Waals surface area (Å²) < 4.78 is 9.95. The molecular formula is C28H44N6O10S. The summed E-state index contributed by atoms with van der Waals surface area (Å²) in [4.78, 5) is 63.8. The molecule has 252 valence electrons. The van der Waals surface area contributed by atoms with Gasteiger partial charge in [-0.3, -0.25) is 29.2 Å². The highest BCUT2D eigenvalue weighted by molar-refractivity contribution is 7.94. The lowest BCUT2D eigenvalue weighted by atomic mass is 9.81. The van der Waals surface area contributed by atoms with Crippen LogP contribution < -0.4 is 37.2 Å². The molecule has 2 aliphatic rings. The smallest absolute Gasteiger partial charge is 0.247 e. The SMILES string of the molecule is CC(C)C[C@H]1C(=O)N[C@H](C(=O)NCC(=O)NCCCNC(=O)C(N)CSOOO)Cc2ccc(cc2)OCCC[C@@H]1C(=O)NO. The Labute approximate surface area is 265 Å². The summed E-state index contributed by atoms with van der Waals surface area (Å²) in [6, 6.07) is 5.12. The van der Waals surface area contributed by atoms with Gasteiger partial charge in [-0.2, -0.15) is 0 Å². The van der Waals surface area contributed by atoms with E-state index in [2.05, 4.69) is 30.6 Å². The highest BCUT2D eigenvalue weighted by Gasteiger charge is 2.36. The number of carbonyl (C=O) groups is 5. The van der Waals surface area contributed by atoms with E-state index in [-0.39, 0.29) is 44.1 Å². The molecule has 1 aromatic carbocycles. The van der Waals surface area contributed by atoms with Gasteiger partial charge >= 0.3 is 0 Å². The van der Waals surface area contributed by atoms with Gasteiger partial charge in [-0.05, 0) is 49.3 Å². The third-order valence-electron chi connectivity index (χ3n) is 6.98. The minimum Gasteiger partial charge on any atom is -0.494 e. The zero-order chi connectivity index (χ0) is 33.2. The second kappa shape index (κ2) is 20.5. The third-order valence-corrected chi connectivity index (χ3v) is 7.63. The molecule has 3 rings (SSSR count). The van der Waals surface area contributed by atoms with Gasteiger partial charge in [0, 0.05) is 43.2 Å². The van der Waals surface area contributed by atoms with Gasteiger partial charge in [0.25, 0.3) is 0 Å². The molecule has 9 N–H and O–H groups in total. The number of hydroxylamine groups is 1. The average Bonchev–Trinajstić information content (AvgIpc) is 3.02. The first-order valence-electron chi connectivity index (χ1n) is 14.7. The van der Waals surface area contributed by atoms with Gasteiger partial charge < -0.3 is 31.7 Å². The Hall–Kier alpha value is -3.48. The van der Waals surface area contributed by atoms with Crippen LogP contribution in [0.4, 0.5) is 0 Å². The predicted molar refractivity (Wildman–Crippen MR) is 162 cm³/mol. The molecule has 17 heteroatoms. The summed E-state index contributed by atoms with van der Waals surface area (Å²) in [7, 11) is 0. The van der Waals surface area contributed by atoms with Crippen molar-refractivity contribution >= 4 is 41.6 Å². The van der Waals surface area contributed by atoms with Crippen LogP contribution in [0, 0.1) is 17.8 Å². The zero-order valence-electron chi connectivity index (χ0n) is 25.4. The quantitative estimate of drug-likeness (QED) is 0.0403. The summed E-state index contributed by atoms with van der Waals surface area (Å²) >= 11 is 0.659. The molecule has 0 fully saturated rings. The van der Waals surface area contributed by atoms with Crippen molar-refractivity contribution in [3.8, 4) is 5.75 Å². The molecule has 4 atom stereocenters. The van der Waals surface area contributed by atoms with E-state index < -0.39 is 53.5 Å². The largest absolute Gasteiger partial charge is 0.494 e. The minimum absolute atomic E-state index is 0.0401. The van der Waals surface area contributed by atoms with Gasteiger partial charge in [0.05, 0.1) is 25.1 Å². The van der Waals surface area contributed by atoms with Crippen LogP contribution in [0.25, 0.3) is 0 Å². The van der Waals surface area contributed by atoms with Crippen molar-refractivity contribution in [1.82, 2.24) is 26.7 Å². The van der Waals surface area contributed by atoms with Crippen LogP contribution >= 0.6 is 12.0 Å². The van der Waals surface area contributed by atoms with E-state index in [1.807, 2.05) is 13.8 Å². The first-order valence-corrected chi connectivity index (χ1v) is 15.6. The molecule has 0 aromatic heterocycles. The van der Waals surface area contributed by atoms with Crippen LogP contribution in [-0.4, -0.2) is 84.1 Å². The van der Waals surface area contributed by atoms with Gasteiger partial charge in [-0.1, -0.05) is 31.0 Å². The normalized spacial score (nSPS) is 19.4. The number of rotatable bonds is 15. The van der Waals surface area contributed by atoms with Crippen molar-refractivity contribution in [2.75, 3.05) is 32.0 Å². The lowest BCUT2D eigenvalue weighted by molar-refractivity contribution is -0.432. The molecule has 0 radical (unpaired) electrons. The Morgan fingerprint density at radius 2 is 1.82 bits per heavy atom. The molecule has 0 spiro atoms. The number of ether oxygens (including phenoxy) is 1. The van der Waals surface area contributed by atoms with Crippen molar-refractivity contribution in [2.24, 2.45) is 23.5 Å². The van der Waals surface area contributed by atoms with Crippen LogP contribution in [0.1, 0.15) is 45.1 Å². The fourth-order valence-electron chi connectivity index (χ4n) is 4.71. The van der Waals surface area contributed by atoms with Gasteiger partial charge in [-0.15, -0.1) is 4.33 Å². The summed E-state index contributed by atoms with van der Waals surface area (Å²) in [5.41, 5.74) is 8.08. The molecule has 0 aliphatic carbocycles. The highest BCUT2D eigenvalue weighted by atomic mass is 32.2. The summed E-state index contributed by atoms with van der Waals surface area (Å²) in [6.07, 6.45) is 1.57. The molecule has 0 saturated heterocycles. The van der Waals surface area contributed by atoms with Crippen molar-refractivity contribution < 1.29 is 48.5 Å². The Balaban J connectivity index is 2.00. The van der Waals surface area contributed by atoms with Crippen molar-refractivity contribution in [3.63, 3.8) is 0 Å². The third kappa shape index (κ3) is 14.0. The predicted octanol–water partition coefficient (Wildman–Crippen LogP) is -0.194. The number of hydrogen-bond donors (Lipinski definition) is 8. The molecule has 5 amide bonds. The highest BCUT2D eigenvalue weighted by Crippen LogP contribution is 2.27. The van der Waals surface area contributed by atoms with E-state index >= 15 is 0 Å². The van der Waals surface area contributed by atoms with E-state index in [4.69, 9.17) is 15.7 Å². The van der Waals surface area contributed by atoms with Crippen LogP contribution in [0.2, 0.25) is 0 Å². The first kappa shape index (κ1) is 37.7. The second-order valence-electron chi connectivity index (χ2n) is 11.0. The molecule has 1 unspecified atom stereocenters. The summed E-state index contributed by atoms with van der Waals surface area (Å²) in [5.74, 6) is -3.69. The van der Waals surface area contributed by atoms with E-state index in [0.29, 0.717) is 43.7 Å². The van der Waals surface area contributed by atoms with Crippen LogP contribution in [-0.2, 0) is 39.8 Å². The number of hydrogen-bond acceptors (Lipinski definition) is 12. The van der Waals surface area contributed by atoms with Crippen LogP contribution in [0.5, 0.6) is 5.75 Å². The fourth-order valence-corrected chi connectivity index (χ4v) is 5.11. The Morgan fingerprint density at radius 3 is 2.49 bits per heavy atom. The lowest BCUT2D eigenvalue weighted by Gasteiger charge is -2.28. The van der Waals surface area contributed by atoms with Gasteiger partial charge in [-0.25, -0.2) is 10.7 Å². The molecule has 16 nitrogen and oxygen atoms in total. The average molecular weight is 657 g/mol. The van der Waals surface area contributed by atoms with E-state index in [1.54, 1.807) is 29.7 Å².